The lowest BCUT2D eigenvalue weighted by molar-refractivity contribution is -0.161. The number of amides is 3. The summed E-state index contributed by atoms with van der Waals surface area (Å²) in [6.45, 7) is 7.86. The molecule has 1 saturated heterocycles. The Balaban J connectivity index is 2.22. The topological polar surface area (TPSA) is 168 Å². The van der Waals surface area contributed by atoms with Crippen molar-refractivity contribution < 1.29 is 33.9 Å². The summed E-state index contributed by atoms with van der Waals surface area (Å²) in [5.74, 6) is -2.44. The van der Waals surface area contributed by atoms with Crippen molar-refractivity contribution in [1.82, 2.24) is 15.6 Å². The third kappa shape index (κ3) is 6.14. The number of hydrogen-bond acceptors (Lipinski definition) is 9. The summed E-state index contributed by atoms with van der Waals surface area (Å²) in [6.07, 6.45) is -0.735. The van der Waals surface area contributed by atoms with Crippen molar-refractivity contribution >= 4 is 46.1 Å². The molecule has 30 heavy (non-hydrogen) atoms. The van der Waals surface area contributed by atoms with Crippen LogP contribution < -0.4 is 16.0 Å². The number of oxime groups is 1. The fraction of sp³-hybridized carbons (Fsp3) is 0.529. The molecule has 2 heterocycles. The van der Waals surface area contributed by atoms with Crippen molar-refractivity contribution in [3.05, 3.63) is 11.1 Å². The number of β-lactam (4-membered cyclic amide) rings is 1. The van der Waals surface area contributed by atoms with Gasteiger partial charge in [0.05, 0.1) is 0 Å². The fourth-order valence-electron chi connectivity index (χ4n) is 1.86. The van der Waals surface area contributed by atoms with E-state index in [0.29, 0.717) is 0 Å². The molecule has 1 fully saturated rings. The van der Waals surface area contributed by atoms with Gasteiger partial charge in [0.25, 0.3) is 5.91 Å². The first-order valence-electron chi connectivity index (χ1n) is 8.82. The summed E-state index contributed by atoms with van der Waals surface area (Å²) in [6, 6.07) is -0.742. The summed E-state index contributed by atoms with van der Waals surface area (Å²) in [5.41, 5.74) is -2.76. The first kappa shape index (κ1) is 23.1. The molecule has 0 aromatic carbocycles. The second-order valence-corrected chi connectivity index (χ2v) is 8.64. The molecule has 4 N–H and O–H groups in total. The molecule has 1 aliphatic heterocycles. The maximum absolute atomic E-state index is 12.6. The smallest absolute Gasteiger partial charge is 0.413 e. The van der Waals surface area contributed by atoms with Crippen molar-refractivity contribution in [2.45, 2.75) is 51.9 Å². The van der Waals surface area contributed by atoms with E-state index in [2.05, 4.69) is 26.1 Å². The average Bonchev–Trinajstić information content (AvgIpc) is 3.04. The van der Waals surface area contributed by atoms with E-state index < -0.39 is 35.2 Å². The predicted octanol–water partition coefficient (Wildman–Crippen LogP) is 0.689. The number of carbonyl (C=O) groups excluding carboxylic acids is 3. The number of carboxylic acid groups (broad SMARTS) is 1. The third-order valence-corrected chi connectivity index (χ3v) is 4.31. The van der Waals surface area contributed by atoms with Crippen LogP contribution in [0.25, 0.3) is 0 Å². The minimum Gasteiger partial charge on any atom is -0.478 e. The van der Waals surface area contributed by atoms with E-state index in [1.54, 1.807) is 20.8 Å². The Labute approximate surface area is 176 Å². The second-order valence-electron chi connectivity index (χ2n) is 7.78. The normalized spacial score (nSPS) is 16.8. The quantitative estimate of drug-likeness (QED) is 0.272. The van der Waals surface area contributed by atoms with Gasteiger partial charge in [-0.25, -0.2) is 14.6 Å². The number of carboxylic acids is 1. The van der Waals surface area contributed by atoms with Gasteiger partial charge in [-0.15, -0.1) is 11.3 Å². The summed E-state index contributed by atoms with van der Waals surface area (Å²) < 4.78 is 5.14. The Morgan fingerprint density at radius 2 is 1.97 bits per heavy atom. The van der Waals surface area contributed by atoms with E-state index in [1.807, 2.05) is 0 Å². The van der Waals surface area contributed by atoms with Crippen LogP contribution in [0.15, 0.2) is 10.5 Å². The first-order chi connectivity index (χ1) is 13.8. The highest BCUT2D eigenvalue weighted by atomic mass is 32.1. The number of aliphatic carboxylic acids is 1. The lowest BCUT2D eigenvalue weighted by Crippen LogP contribution is -2.62. The Kier molecular flexibility index (Phi) is 6.65. The number of hydrogen-bond donors (Lipinski definition) is 4. The Hall–Kier alpha value is -3.22. The molecule has 3 amide bonds. The molecule has 1 aromatic rings. The molecule has 2 rings (SSSR count). The number of thiazole rings is 1. The molecule has 0 unspecified atom stereocenters. The van der Waals surface area contributed by atoms with Crippen LogP contribution in [0.3, 0.4) is 0 Å². The molecule has 164 valence electrons. The van der Waals surface area contributed by atoms with Crippen molar-refractivity contribution in [1.29, 1.82) is 0 Å². The summed E-state index contributed by atoms with van der Waals surface area (Å²) >= 11 is 0.993. The van der Waals surface area contributed by atoms with E-state index in [0.717, 1.165) is 11.3 Å². The van der Waals surface area contributed by atoms with Gasteiger partial charge in [0, 0.05) is 11.9 Å². The monoisotopic (exact) mass is 441 g/mol. The zero-order chi connectivity index (χ0) is 22.7. The van der Waals surface area contributed by atoms with E-state index in [9.17, 15) is 19.2 Å². The summed E-state index contributed by atoms with van der Waals surface area (Å²) in [7, 11) is 0. The SMILES string of the molecule is CC(C)(C)OC(=O)Nc1nc(C(=NOC(C)(C)C(=O)O)C(=O)N[C@H]2CNC2=O)cs1. The van der Waals surface area contributed by atoms with Crippen LogP contribution in [0.5, 0.6) is 0 Å². The minimum absolute atomic E-state index is 0.0180. The van der Waals surface area contributed by atoms with Crippen LogP contribution in [-0.2, 0) is 24.0 Å². The zero-order valence-electron chi connectivity index (χ0n) is 17.1. The zero-order valence-corrected chi connectivity index (χ0v) is 17.9. The number of anilines is 1. The number of nitrogens with zero attached hydrogens (tertiary/aromatic N) is 2. The van der Waals surface area contributed by atoms with Gasteiger partial charge in [-0.2, -0.15) is 0 Å². The second kappa shape index (κ2) is 8.65. The van der Waals surface area contributed by atoms with Crippen LogP contribution in [0.2, 0.25) is 0 Å². The largest absolute Gasteiger partial charge is 0.478 e. The molecule has 1 aliphatic rings. The fourth-order valence-corrected chi connectivity index (χ4v) is 2.55. The van der Waals surface area contributed by atoms with Gasteiger partial charge in [0.1, 0.15) is 17.3 Å². The maximum Gasteiger partial charge on any atom is 0.413 e. The Morgan fingerprint density at radius 3 is 2.47 bits per heavy atom. The van der Waals surface area contributed by atoms with E-state index in [1.165, 1.54) is 19.2 Å². The van der Waals surface area contributed by atoms with Crippen LogP contribution in [0, 0.1) is 0 Å². The standard InChI is InChI=1S/C17H23N5O7S/c1-16(2,3)28-15(27)21-14-20-9(7-30-14)10(22-29-17(4,5)13(25)26)12(24)19-8-6-18-11(8)23/h7-8H,6H2,1-5H3,(H,18,23)(H,19,24)(H,25,26)(H,20,21,27)/t8-/m0/s1. The highest BCUT2D eigenvalue weighted by molar-refractivity contribution is 7.14. The van der Waals surface area contributed by atoms with Crippen LogP contribution in [0.4, 0.5) is 9.93 Å². The lowest BCUT2D eigenvalue weighted by Gasteiger charge is -2.26. The van der Waals surface area contributed by atoms with E-state index in [-0.39, 0.29) is 29.0 Å². The van der Waals surface area contributed by atoms with Crippen molar-refractivity contribution in [2.24, 2.45) is 5.16 Å². The maximum atomic E-state index is 12.6. The van der Waals surface area contributed by atoms with Crippen molar-refractivity contribution in [3.8, 4) is 0 Å². The lowest BCUT2D eigenvalue weighted by atomic mass is 10.1. The summed E-state index contributed by atoms with van der Waals surface area (Å²) in [4.78, 5) is 56.3. The highest BCUT2D eigenvalue weighted by Gasteiger charge is 2.34. The van der Waals surface area contributed by atoms with Gasteiger partial charge >= 0.3 is 12.1 Å². The molecule has 13 heteroatoms. The van der Waals surface area contributed by atoms with E-state index in [4.69, 9.17) is 14.7 Å². The molecule has 0 spiro atoms. The van der Waals surface area contributed by atoms with E-state index >= 15 is 0 Å². The van der Waals surface area contributed by atoms with Crippen molar-refractivity contribution in [3.63, 3.8) is 0 Å². The molecule has 0 radical (unpaired) electrons. The molecule has 1 aromatic heterocycles. The molecule has 0 saturated carbocycles. The van der Waals surface area contributed by atoms with Gasteiger partial charge in [-0.05, 0) is 34.6 Å². The molecule has 1 atom stereocenters. The molecule has 0 aliphatic carbocycles. The minimum atomic E-state index is -1.72. The Bertz CT molecular complexity index is 887. The van der Waals surface area contributed by atoms with Crippen LogP contribution in [0.1, 0.15) is 40.3 Å². The van der Waals surface area contributed by atoms with Gasteiger partial charge in [-0.3, -0.25) is 14.9 Å². The number of nitrogens with one attached hydrogen (secondary N) is 3. The molecular formula is C17H23N5O7S. The third-order valence-electron chi connectivity index (χ3n) is 3.55. The first-order valence-corrected chi connectivity index (χ1v) is 9.70. The summed E-state index contributed by atoms with van der Waals surface area (Å²) in [5, 5.41) is 21.7. The number of rotatable bonds is 7. The van der Waals surface area contributed by atoms with Crippen molar-refractivity contribution in [2.75, 3.05) is 11.9 Å². The van der Waals surface area contributed by atoms with Gasteiger partial charge in [-0.1, -0.05) is 5.16 Å². The highest BCUT2D eigenvalue weighted by Crippen LogP contribution is 2.19. The molecular weight excluding hydrogens is 418 g/mol. The molecule has 12 nitrogen and oxygen atoms in total. The predicted molar refractivity (Wildman–Crippen MR) is 106 cm³/mol. The van der Waals surface area contributed by atoms with Crippen LogP contribution >= 0.6 is 11.3 Å². The number of carbonyl (C=O) groups is 4. The average molecular weight is 441 g/mol. The van der Waals surface area contributed by atoms with Crippen LogP contribution in [-0.4, -0.2) is 63.5 Å². The van der Waals surface area contributed by atoms with Gasteiger partial charge in [0.2, 0.25) is 11.5 Å². The number of aromatic nitrogens is 1. The van der Waals surface area contributed by atoms with Gasteiger partial charge < -0.3 is 25.3 Å². The van der Waals surface area contributed by atoms with Gasteiger partial charge in [0.15, 0.2) is 10.8 Å². The number of ether oxygens (including phenoxy) is 1. The Morgan fingerprint density at radius 1 is 1.30 bits per heavy atom. The molecule has 0 bridgehead atoms.